The monoisotopic (exact) mass is 514 g/mol. The number of nitrogens with zero attached hydrogens (tertiary/aromatic N) is 3. The van der Waals surface area contributed by atoms with E-state index in [1.54, 1.807) is 0 Å². The third-order valence-electron chi connectivity index (χ3n) is 7.65. The molecule has 0 saturated carbocycles. The second-order valence-corrected chi connectivity index (χ2v) is 12.7. The topological polar surface area (TPSA) is 42.8 Å². The lowest BCUT2D eigenvalue weighted by Gasteiger charge is -2.23. The lowest BCUT2D eigenvalue weighted by molar-refractivity contribution is -0.633. The van der Waals surface area contributed by atoms with E-state index in [-0.39, 0.29) is 10.8 Å². The van der Waals surface area contributed by atoms with Crippen LogP contribution in [0.25, 0.3) is 55.4 Å². The molecule has 4 heteroatoms. The number of benzene rings is 3. The van der Waals surface area contributed by atoms with Crippen LogP contribution in [0.5, 0.6) is 0 Å². The molecule has 0 amide bonds. The standard InChI is InChI=1S/C35H36N3O/c1-21-13-16-24-25-19-23(26-20-30(34(2,3)4)37-33(36-26)35(5,6)7)15-18-29(25)39-32(24)31(21)28-17-14-22-11-9-10-12-27(22)38(28)8/h9-20H,1-8H3/q+1. The normalized spacial score (nSPS) is 12.6. The van der Waals surface area contributed by atoms with Crippen molar-refractivity contribution in [1.82, 2.24) is 9.97 Å². The lowest BCUT2D eigenvalue weighted by atomic mass is 9.89. The molecule has 3 heterocycles. The van der Waals surface area contributed by atoms with Gasteiger partial charge in [-0.15, -0.1) is 0 Å². The summed E-state index contributed by atoms with van der Waals surface area (Å²) in [6, 6.07) is 25.8. The van der Waals surface area contributed by atoms with E-state index in [2.05, 4.69) is 133 Å². The van der Waals surface area contributed by atoms with Gasteiger partial charge in [-0.2, -0.15) is 4.57 Å². The number of rotatable bonds is 2. The molecule has 4 nitrogen and oxygen atoms in total. The van der Waals surface area contributed by atoms with Gasteiger partial charge in [0, 0.05) is 44.7 Å². The first-order valence-electron chi connectivity index (χ1n) is 13.7. The van der Waals surface area contributed by atoms with Crippen molar-refractivity contribution in [3.05, 3.63) is 89.9 Å². The Hall–Kier alpha value is -4.05. The molecule has 39 heavy (non-hydrogen) atoms. The Morgan fingerprint density at radius 2 is 1.51 bits per heavy atom. The van der Waals surface area contributed by atoms with Gasteiger partial charge >= 0.3 is 0 Å². The number of fused-ring (bicyclic) bond motifs is 4. The minimum Gasteiger partial charge on any atom is -0.455 e. The second kappa shape index (κ2) is 8.74. The van der Waals surface area contributed by atoms with Crippen LogP contribution in [0.4, 0.5) is 0 Å². The molecule has 0 saturated heterocycles. The molecule has 0 bridgehead atoms. The van der Waals surface area contributed by atoms with E-state index in [1.807, 2.05) is 0 Å². The van der Waals surface area contributed by atoms with Crippen molar-refractivity contribution in [1.29, 1.82) is 0 Å². The van der Waals surface area contributed by atoms with E-state index in [1.165, 1.54) is 16.5 Å². The Kier molecular flexibility index (Phi) is 5.65. The van der Waals surface area contributed by atoms with Gasteiger partial charge in [-0.3, -0.25) is 0 Å². The van der Waals surface area contributed by atoms with Gasteiger partial charge in [0.1, 0.15) is 24.0 Å². The summed E-state index contributed by atoms with van der Waals surface area (Å²) < 4.78 is 8.85. The molecule has 0 radical (unpaired) electrons. The van der Waals surface area contributed by atoms with Gasteiger partial charge in [0.2, 0.25) is 11.2 Å². The summed E-state index contributed by atoms with van der Waals surface area (Å²) in [5.74, 6) is 0.865. The first kappa shape index (κ1) is 25.2. The molecule has 0 spiro atoms. The fraction of sp³-hybridized carbons (Fsp3) is 0.286. The largest absolute Gasteiger partial charge is 0.455 e. The number of pyridine rings is 1. The minimum atomic E-state index is -0.149. The van der Waals surface area contributed by atoms with Crippen molar-refractivity contribution in [2.75, 3.05) is 0 Å². The van der Waals surface area contributed by atoms with Crippen LogP contribution in [0.3, 0.4) is 0 Å². The van der Waals surface area contributed by atoms with Crippen molar-refractivity contribution < 1.29 is 8.98 Å². The molecule has 6 rings (SSSR count). The van der Waals surface area contributed by atoms with E-state index in [0.29, 0.717) is 0 Å². The highest BCUT2D eigenvalue weighted by atomic mass is 16.3. The Labute approximate surface area is 230 Å². The Bertz CT molecular complexity index is 1870. The second-order valence-electron chi connectivity index (χ2n) is 12.7. The van der Waals surface area contributed by atoms with Gasteiger partial charge in [0.05, 0.1) is 17.0 Å². The van der Waals surface area contributed by atoms with Crippen molar-refractivity contribution in [3.63, 3.8) is 0 Å². The van der Waals surface area contributed by atoms with E-state index in [9.17, 15) is 0 Å². The Balaban J connectivity index is 1.58. The van der Waals surface area contributed by atoms with Crippen LogP contribution in [0, 0.1) is 6.92 Å². The third-order valence-corrected chi connectivity index (χ3v) is 7.65. The van der Waals surface area contributed by atoms with E-state index >= 15 is 0 Å². The predicted molar refractivity (Wildman–Crippen MR) is 161 cm³/mol. The van der Waals surface area contributed by atoms with Gasteiger partial charge in [-0.05, 0) is 48.9 Å². The van der Waals surface area contributed by atoms with Crippen molar-refractivity contribution in [3.8, 4) is 22.5 Å². The zero-order chi connectivity index (χ0) is 27.7. The van der Waals surface area contributed by atoms with Crippen LogP contribution >= 0.6 is 0 Å². The van der Waals surface area contributed by atoms with Gasteiger partial charge in [-0.1, -0.05) is 65.8 Å². The van der Waals surface area contributed by atoms with Crippen molar-refractivity contribution in [2.24, 2.45) is 7.05 Å². The molecule has 0 N–H and O–H groups in total. The van der Waals surface area contributed by atoms with Crippen LogP contribution in [0.1, 0.15) is 58.6 Å². The molecular formula is C35H36N3O+. The number of hydrogen-bond donors (Lipinski definition) is 0. The molecule has 3 aromatic heterocycles. The molecule has 0 aliphatic rings. The number of aryl methyl sites for hydroxylation is 2. The highest BCUT2D eigenvalue weighted by Crippen LogP contribution is 2.39. The number of hydrogen-bond acceptors (Lipinski definition) is 3. The summed E-state index contributed by atoms with van der Waals surface area (Å²) in [7, 11) is 2.13. The summed E-state index contributed by atoms with van der Waals surface area (Å²) in [5.41, 5.74) is 9.29. The molecule has 6 aromatic rings. The van der Waals surface area contributed by atoms with Crippen LogP contribution in [0.2, 0.25) is 0 Å². The summed E-state index contributed by atoms with van der Waals surface area (Å²) in [4.78, 5) is 9.99. The minimum absolute atomic E-state index is 0.0774. The number of furan rings is 1. The SMILES string of the molecule is Cc1ccc2c(oc3ccc(-c4cc(C(C)(C)C)nc(C(C)(C)C)n4)cc32)c1-c1ccc2ccccc2[n+]1C. The summed E-state index contributed by atoms with van der Waals surface area (Å²) in [6.45, 7) is 15.3. The molecule has 0 unspecified atom stereocenters. The molecule has 3 aromatic carbocycles. The third kappa shape index (κ3) is 4.28. The smallest absolute Gasteiger partial charge is 0.216 e. The molecule has 196 valence electrons. The average Bonchev–Trinajstić information content (AvgIpc) is 3.26. The Morgan fingerprint density at radius 1 is 0.744 bits per heavy atom. The van der Waals surface area contributed by atoms with E-state index in [0.717, 1.165) is 56.0 Å². The van der Waals surface area contributed by atoms with E-state index in [4.69, 9.17) is 14.4 Å². The Morgan fingerprint density at radius 3 is 2.26 bits per heavy atom. The first-order valence-corrected chi connectivity index (χ1v) is 13.7. The predicted octanol–water partition coefficient (Wildman–Crippen LogP) is 8.59. The average molecular weight is 515 g/mol. The maximum Gasteiger partial charge on any atom is 0.216 e. The van der Waals surface area contributed by atoms with Gasteiger partial charge in [0.15, 0.2) is 0 Å². The summed E-state index contributed by atoms with van der Waals surface area (Å²) >= 11 is 0. The van der Waals surface area contributed by atoms with Crippen LogP contribution in [0.15, 0.2) is 77.2 Å². The zero-order valence-corrected chi connectivity index (χ0v) is 24.2. The summed E-state index contributed by atoms with van der Waals surface area (Å²) in [5, 5.41) is 3.43. The highest BCUT2D eigenvalue weighted by Gasteiger charge is 2.25. The summed E-state index contributed by atoms with van der Waals surface area (Å²) in [6.07, 6.45) is 0. The van der Waals surface area contributed by atoms with Crippen molar-refractivity contribution in [2.45, 2.75) is 59.3 Å². The lowest BCUT2D eigenvalue weighted by Crippen LogP contribution is -2.32. The molecule has 0 fully saturated rings. The fourth-order valence-corrected chi connectivity index (χ4v) is 5.33. The molecule has 0 aliphatic heterocycles. The van der Waals surface area contributed by atoms with Gasteiger partial charge < -0.3 is 4.42 Å². The zero-order valence-electron chi connectivity index (χ0n) is 24.2. The van der Waals surface area contributed by atoms with Crippen LogP contribution < -0.4 is 4.57 Å². The molecule has 0 aliphatic carbocycles. The maximum absolute atomic E-state index is 6.59. The fourth-order valence-electron chi connectivity index (χ4n) is 5.33. The van der Waals surface area contributed by atoms with Crippen molar-refractivity contribution >= 4 is 32.8 Å². The highest BCUT2D eigenvalue weighted by molar-refractivity contribution is 6.10. The van der Waals surface area contributed by atoms with Crippen LogP contribution in [-0.4, -0.2) is 9.97 Å². The maximum atomic E-state index is 6.59. The number of aromatic nitrogens is 3. The van der Waals surface area contributed by atoms with E-state index < -0.39 is 0 Å². The number of para-hydroxylation sites is 1. The van der Waals surface area contributed by atoms with Gasteiger partial charge in [0.25, 0.3) is 0 Å². The molecular weight excluding hydrogens is 478 g/mol. The first-order chi connectivity index (χ1) is 18.4. The molecule has 0 atom stereocenters. The van der Waals surface area contributed by atoms with Crippen LogP contribution in [-0.2, 0) is 17.9 Å². The quantitative estimate of drug-likeness (QED) is 0.217. The van der Waals surface area contributed by atoms with Gasteiger partial charge in [-0.25, -0.2) is 9.97 Å².